The van der Waals surface area contributed by atoms with Crippen molar-refractivity contribution in [1.29, 1.82) is 0 Å². The van der Waals surface area contributed by atoms with Crippen molar-refractivity contribution in [2.24, 2.45) is 5.92 Å². The number of hydrogen-bond donors (Lipinski definition) is 3. The van der Waals surface area contributed by atoms with Gasteiger partial charge in [-0.15, -0.1) is 0 Å². The Morgan fingerprint density at radius 2 is 1.58 bits per heavy atom. The van der Waals surface area contributed by atoms with Gasteiger partial charge in [0, 0.05) is 0 Å². The van der Waals surface area contributed by atoms with E-state index < -0.39 is 29.9 Å². The van der Waals surface area contributed by atoms with E-state index in [1.54, 1.807) is 0 Å². The molecule has 0 saturated heterocycles. The van der Waals surface area contributed by atoms with Gasteiger partial charge in [-0.1, -0.05) is 68.4 Å². The van der Waals surface area contributed by atoms with E-state index >= 15 is 0 Å². The minimum atomic E-state index is -1.30. The molecule has 4 rings (SSSR count). The Morgan fingerprint density at radius 3 is 2.25 bits per heavy atom. The van der Waals surface area contributed by atoms with Crippen LogP contribution in [0.1, 0.15) is 42.9 Å². The van der Waals surface area contributed by atoms with Crippen molar-refractivity contribution >= 4 is 39.7 Å². The van der Waals surface area contributed by atoms with Gasteiger partial charge in [0.2, 0.25) is 11.7 Å². The number of hydrogen-bond acceptors (Lipinski definition) is 5. The average Bonchev–Trinajstić information content (AvgIpc) is 3.27. The molecule has 3 N–H and O–H groups in total. The summed E-state index contributed by atoms with van der Waals surface area (Å²) >= 11 is 0. The summed E-state index contributed by atoms with van der Waals surface area (Å²) in [5.41, 5.74) is 2.04. The highest BCUT2D eigenvalue weighted by atomic mass is 16.4. The number of amides is 2. The second kappa shape index (κ2) is 11.0. The lowest BCUT2D eigenvalue weighted by molar-refractivity contribution is -0.123. The van der Waals surface area contributed by atoms with Gasteiger partial charge in [-0.2, -0.15) is 0 Å². The standard InChI is InChI=1S/C28H29N3O5/c1-17(2)14-23(31-28(34)35)26(33)29-21(13-12-18-8-4-3-5-9-18)25(32)27-30-22-15-19-10-6-7-11-20(19)16-24(22)36-27/h3-11,15-17,21,23,31H,12-14H2,1-2H3,(H,29,33)(H,34,35). The number of benzene rings is 3. The summed E-state index contributed by atoms with van der Waals surface area (Å²) in [6.07, 6.45) is -0.165. The predicted octanol–water partition coefficient (Wildman–Crippen LogP) is 4.96. The predicted molar refractivity (Wildman–Crippen MR) is 137 cm³/mol. The largest absolute Gasteiger partial charge is 0.465 e. The van der Waals surface area contributed by atoms with Gasteiger partial charge in [-0.3, -0.25) is 9.59 Å². The van der Waals surface area contributed by atoms with E-state index in [0.29, 0.717) is 30.4 Å². The molecule has 3 aromatic carbocycles. The molecular weight excluding hydrogens is 458 g/mol. The molecule has 1 aromatic heterocycles. The lowest BCUT2D eigenvalue weighted by Crippen LogP contribution is -2.52. The van der Waals surface area contributed by atoms with Crippen molar-refractivity contribution in [3.05, 3.63) is 78.2 Å². The second-order valence-electron chi connectivity index (χ2n) is 9.27. The zero-order valence-electron chi connectivity index (χ0n) is 20.2. The first kappa shape index (κ1) is 24.9. The number of rotatable bonds is 10. The van der Waals surface area contributed by atoms with Crippen LogP contribution in [0.15, 0.2) is 71.1 Å². The van der Waals surface area contributed by atoms with Gasteiger partial charge in [0.25, 0.3) is 5.89 Å². The molecular formula is C28H29N3O5. The van der Waals surface area contributed by atoms with Crippen molar-refractivity contribution in [1.82, 2.24) is 15.6 Å². The van der Waals surface area contributed by atoms with Crippen LogP contribution in [0, 0.1) is 5.92 Å². The summed E-state index contributed by atoms with van der Waals surface area (Å²) < 4.78 is 5.82. The van der Waals surface area contributed by atoms with E-state index in [2.05, 4.69) is 15.6 Å². The molecule has 0 radical (unpaired) electrons. The third kappa shape index (κ3) is 6.07. The van der Waals surface area contributed by atoms with Crippen molar-refractivity contribution in [2.75, 3.05) is 0 Å². The van der Waals surface area contributed by atoms with Crippen molar-refractivity contribution in [3.8, 4) is 0 Å². The second-order valence-corrected chi connectivity index (χ2v) is 9.27. The molecule has 8 nitrogen and oxygen atoms in total. The summed E-state index contributed by atoms with van der Waals surface area (Å²) in [4.78, 5) is 42.3. The van der Waals surface area contributed by atoms with Crippen LogP contribution in [0.3, 0.4) is 0 Å². The summed E-state index contributed by atoms with van der Waals surface area (Å²) in [7, 11) is 0. The fraction of sp³-hybridized carbons (Fsp3) is 0.286. The highest BCUT2D eigenvalue weighted by Crippen LogP contribution is 2.24. The molecule has 0 bridgehead atoms. The molecule has 2 amide bonds. The van der Waals surface area contributed by atoms with Crippen LogP contribution < -0.4 is 10.6 Å². The van der Waals surface area contributed by atoms with Crippen LogP contribution in [-0.2, 0) is 11.2 Å². The first-order chi connectivity index (χ1) is 17.3. The molecule has 1 heterocycles. The van der Waals surface area contributed by atoms with Crippen LogP contribution in [0.5, 0.6) is 0 Å². The maximum absolute atomic E-state index is 13.5. The molecule has 0 aliphatic carbocycles. The number of oxazole rings is 1. The SMILES string of the molecule is CC(C)CC(NC(=O)O)C(=O)NC(CCc1ccccc1)C(=O)c1nc2cc3ccccc3cc2o1. The average molecular weight is 488 g/mol. The number of ketones is 1. The number of aryl methyl sites for hydroxylation is 1. The lowest BCUT2D eigenvalue weighted by Gasteiger charge is -2.22. The Morgan fingerprint density at radius 1 is 0.917 bits per heavy atom. The van der Waals surface area contributed by atoms with E-state index in [0.717, 1.165) is 16.3 Å². The van der Waals surface area contributed by atoms with Crippen LogP contribution in [0.25, 0.3) is 21.9 Å². The van der Waals surface area contributed by atoms with Crippen LogP contribution in [0.4, 0.5) is 4.79 Å². The molecule has 0 aliphatic heterocycles. The minimum absolute atomic E-state index is 0.0669. The third-order valence-electron chi connectivity index (χ3n) is 5.99. The van der Waals surface area contributed by atoms with Crippen molar-refractivity contribution in [2.45, 2.75) is 45.2 Å². The summed E-state index contributed by atoms with van der Waals surface area (Å²) in [6.45, 7) is 3.79. The van der Waals surface area contributed by atoms with Crippen molar-refractivity contribution < 1.29 is 23.9 Å². The molecule has 36 heavy (non-hydrogen) atoms. The Labute approximate surface area is 208 Å². The van der Waals surface area contributed by atoms with E-state index in [1.165, 1.54) is 0 Å². The Balaban J connectivity index is 1.61. The number of carbonyl (C=O) groups is 3. The van der Waals surface area contributed by atoms with Gasteiger partial charge < -0.3 is 20.2 Å². The fourth-order valence-electron chi connectivity index (χ4n) is 4.22. The summed E-state index contributed by atoms with van der Waals surface area (Å²) in [5.74, 6) is -1.04. The van der Waals surface area contributed by atoms with Crippen LogP contribution in [-0.4, -0.2) is 40.0 Å². The van der Waals surface area contributed by atoms with E-state index in [9.17, 15) is 19.5 Å². The Bertz CT molecular complexity index is 1330. The first-order valence-corrected chi connectivity index (χ1v) is 12.0. The maximum atomic E-state index is 13.5. The Kier molecular flexibility index (Phi) is 7.63. The zero-order valence-corrected chi connectivity index (χ0v) is 20.2. The van der Waals surface area contributed by atoms with Gasteiger partial charge in [-0.05, 0) is 53.6 Å². The number of fused-ring (bicyclic) bond motifs is 2. The molecule has 0 saturated carbocycles. The van der Waals surface area contributed by atoms with Gasteiger partial charge in [-0.25, -0.2) is 9.78 Å². The normalized spacial score (nSPS) is 13.0. The molecule has 0 spiro atoms. The molecule has 8 heteroatoms. The van der Waals surface area contributed by atoms with Gasteiger partial charge in [0.1, 0.15) is 11.6 Å². The molecule has 186 valence electrons. The smallest absolute Gasteiger partial charge is 0.405 e. The fourth-order valence-corrected chi connectivity index (χ4v) is 4.22. The van der Waals surface area contributed by atoms with Gasteiger partial charge in [0.15, 0.2) is 5.58 Å². The Hall–Kier alpha value is -4.20. The van der Waals surface area contributed by atoms with Crippen molar-refractivity contribution in [3.63, 3.8) is 0 Å². The molecule has 2 atom stereocenters. The molecule has 0 aliphatic rings. The number of carboxylic acid groups (broad SMARTS) is 1. The van der Waals surface area contributed by atoms with E-state index in [-0.39, 0.29) is 11.8 Å². The van der Waals surface area contributed by atoms with E-state index in [4.69, 9.17) is 4.42 Å². The number of aromatic nitrogens is 1. The first-order valence-electron chi connectivity index (χ1n) is 12.0. The number of Topliss-reactive ketones (excluding diaryl/α,β-unsaturated/α-hetero) is 1. The third-order valence-corrected chi connectivity index (χ3v) is 5.99. The highest BCUT2D eigenvalue weighted by molar-refractivity contribution is 6.02. The summed E-state index contributed by atoms with van der Waals surface area (Å²) in [5, 5.41) is 16.2. The highest BCUT2D eigenvalue weighted by Gasteiger charge is 2.30. The van der Waals surface area contributed by atoms with Gasteiger partial charge in [0.05, 0.1) is 6.04 Å². The number of nitrogens with zero attached hydrogens (tertiary/aromatic N) is 1. The number of nitrogens with one attached hydrogen (secondary N) is 2. The monoisotopic (exact) mass is 487 g/mol. The maximum Gasteiger partial charge on any atom is 0.405 e. The van der Waals surface area contributed by atoms with Crippen LogP contribution >= 0.6 is 0 Å². The topological polar surface area (TPSA) is 122 Å². The van der Waals surface area contributed by atoms with Gasteiger partial charge >= 0.3 is 6.09 Å². The molecule has 2 unspecified atom stereocenters. The summed E-state index contributed by atoms with van der Waals surface area (Å²) in [6, 6.07) is 19.1. The number of carbonyl (C=O) groups excluding carboxylic acids is 2. The zero-order chi connectivity index (χ0) is 25.7. The van der Waals surface area contributed by atoms with E-state index in [1.807, 2.05) is 80.6 Å². The quantitative estimate of drug-likeness (QED) is 0.272. The lowest BCUT2D eigenvalue weighted by atomic mass is 9.99. The molecule has 0 fully saturated rings. The molecule has 4 aromatic rings. The minimum Gasteiger partial charge on any atom is -0.465 e. The van der Waals surface area contributed by atoms with Crippen LogP contribution in [0.2, 0.25) is 0 Å².